The van der Waals surface area contributed by atoms with Gasteiger partial charge in [0.25, 0.3) is 0 Å². The van der Waals surface area contributed by atoms with Crippen LogP contribution in [0.4, 0.5) is 5.69 Å². The number of anilines is 1. The summed E-state index contributed by atoms with van der Waals surface area (Å²) >= 11 is 0. The Hall–Kier alpha value is -1.75. The Morgan fingerprint density at radius 3 is 2.24 bits per heavy atom. The summed E-state index contributed by atoms with van der Waals surface area (Å²) in [5.74, 6) is 0.872. The number of unbranched alkanes of at least 4 members (excludes halogenated alkanes) is 1. The molecule has 0 atom stereocenters. The number of nitrogens with zero attached hydrogens (tertiary/aromatic N) is 2. The van der Waals surface area contributed by atoms with Gasteiger partial charge in [-0.25, -0.2) is 0 Å². The van der Waals surface area contributed by atoms with Gasteiger partial charge in [-0.1, -0.05) is 25.5 Å². The lowest BCUT2D eigenvalue weighted by atomic mass is 10.1. The Morgan fingerprint density at radius 2 is 1.64 bits per heavy atom. The number of guanidine groups is 1. The Labute approximate surface area is 153 Å². The molecule has 25 heavy (non-hydrogen) atoms. The van der Waals surface area contributed by atoms with E-state index >= 15 is 0 Å². The van der Waals surface area contributed by atoms with Crippen LogP contribution in [0.2, 0.25) is 0 Å². The molecule has 0 bridgehead atoms. The van der Waals surface area contributed by atoms with Gasteiger partial charge in [-0.15, -0.1) is 0 Å². The van der Waals surface area contributed by atoms with Gasteiger partial charge in [0.2, 0.25) is 0 Å². The lowest BCUT2D eigenvalue weighted by molar-refractivity contribution is 0.129. The quantitative estimate of drug-likeness (QED) is 0.346. The van der Waals surface area contributed by atoms with Crippen molar-refractivity contribution in [3.05, 3.63) is 29.8 Å². The van der Waals surface area contributed by atoms with Gasteiger partial charge < -0.3 is 20.3 Å². The predicted molar refractivity (Wildman–Crippen MR) is 109 cm³/mol. The number of nitrogens with one attached hydrogen (secondary N) is 2. The summed E-state index contributed by atoms with van der Waals surface area (Å²) in [5.41, 5.74) is 2.62. The molecule has 142 valence electrons. The van der Waals surface area contributed by atoms with Gasteiger partial charge in [-0.05, 0) is 43.4 Å². The second-order valence-corrected chi connectivity index (χ2v) is 6.41. The van der Waals surface area contributed by atoms with E-state index in [1.165, 1.54) is 17.7 Å². The fourth-order valence-corrected chi connectivity index (χ4v) is 2.41. The van der Waals surface area contributed by atoms with Gasteiger partial charge in [0.15, 0.2) is 5.96 Å². The summed E-state index contributed by atoms with van der Waals surface area (Å²) in [6.07, 6.45) is 5.50. The minimum Gasteiger partial charge on any atom is -0.381 e. The molecule has 0 saturated carbocycles. The zero-order valence-electron chi connectivity index (χ0n) is 16.5. The van der Waals surface area contributed by atoms with Crippen molar-refractivity contribution in [2.75, 3.05) is 52.3 Å². The van der Waals surface area contributed by atoms with Gasteiger partial charge >= 0.3 is 0 Å². The SMILES string of the molecule is CCCCOCCCNC(=NC)NCCCc1ccc(N(C)C)cc1. The van der Waals surface area contributed by atoms with Crippen molar-refractivity contribution in [3.63, 3.8) is 0 Å². The Bertz CT molecular complexity index is 471. The minimum atomic E-state index is 0.812. The first-order chi connectivity index (χ1) is 12.2. The highest BCUT2D eigenvalue weighted by molar-refractivity contribution is 5.79. The molecular weight excluding hydrogens is 312 g/mol. The summed E-state index contributed by atoms with van der Waals surface area (Å²) in [7, 11) is 5.94. The molecule has 5 heteroatoms. The van der Waals surface area contributed by atoms with Crippen molar-refractivity contribution < 1.29 is 4.74 Å². The molecule has 0 fully saturated rings. The fraction of sp³-hybridized carbons (Fsp3) is 0.650. The summed E-state index contributed by atoms with van der Waals surface area (Å²) in [6.45, 7) is 5.67. The maximum atomic E-state index is 5.56. The average molecular weight is 349 g/mol. The molecule has 0 aliphatic carbocycles. The highest BCUT2D eigenvalue weighted by atomic mass is 16.5. The first-order valence-electron chi connectivity index (χ1n) is 9.46. The van der Waals surface area contributed by atoms with Gasteiger partial charge in [0.05, 0.1) is 0 Å². The van der Waals surface area contributed by atoms with Crippen molar-refractivity contribution >= 4 is 11.6 Å². The third kappa shape index (κ3) is 9.97. The monoisotopic (exact) mass is 348 g/mol. The molecule has 0 amide bonds. The first-order valence-corrected chi connectivity index (χ1v) is 9.46. The molecule has 5 nitrogen and oxygen atoms in total. The lowest BCUT2D eigenvalue weighted by Crippen LogP contribution is -2.38. The van der Waals surface area contributed by atoms with Gasteiger partial charge in [0, 0.05) is 53.1 Å². The predicted octanol–water partition coefficient (Wildman–Crippen LogP) is 3.06. The number of ether oxygens (including phenoxy) is 1. The van der Waals surface area contributed by atoms with Crippen LogP contribution in [0.1, 0.15) is 38.2 Å². The van der Waals surface area contributed by atoms with Gasteiger partial charge in [0.1, 0.15) is 0 Å². The van der Waals surface area contributed by atoms with Crippen molar-refractivity contribution in [3.8, 4) is 0 Å². The molecule has 0 saturated heterocycles. The molecule has 1 aromatic carbocycles. The van der Waals surface area contributed by atoms with Crippen LogP contribution in [0, 0.1) is 0 Å². The Kier molecular flexibility index (Phi) is 11.5. The van der Waals surface area contributed by atoms with E-state index in [1.807, 2.05) is 7.05 Å². The maximum absolute atomic E-state index is 5.56. The van der Waals surface area contributed by atoms with Crippen molar-refractivity contribution in [2.24, 2.45) is 4.99 Å². The van der Waals surface area contributed by atoms with Crippen molar-refractivity contribution in [2.45, 2.75) is 39.0 Å². The largest absolute Gasteiger partial charge is 0.381 e. The highest BCUT2D eigenvalue weighted by Crippen LogP contribution is 2.13. The third-order valence-electron chi connectivity index (χ3n) is 4.01. The second kappa shape index (κ2) is 13.5. The van der Waals surface area contributed by atoms with E-state index in [2.05, 4.69) is 65.8 Å². The summed E-state index contributed by atoms with van der Waals surface area (Å²) < 4.78 is 5.56. The van der Waals surface area contributed by atoms with Crippen LogP contribution < -0.4 is 15.5 Å². The standard InChI is InChI=1S/C20H36N4O/c1-5-6-16-25-17-8-15-23-20(21-2)22-14-7-9-18-10-12-19(13-11-18)24(3)4/h10-13H,5-9,14-17H2,1-4H3,(H2,21,22,23). The number of rotatable bonds is 12. The number of benzene rings is 1. The molecule has 1 rings (SSSR count). The van der Waals surface area contributed by atoms with Gasteiger partial charge in [-0.3, -0.25) is 4.99 Å². The van der Waals surface area contributed by atoms with E-state index in [-0.39, 0.29) is 0 Å². The summed E-state index contributed by atoms with van der Waals surface area (Å²) in [4.78, 5) is 6.38. The molecule has 0 aliphatic heterocycles. The maximum Gasteiger partial charge on any atom is 0.190 e. The van der Waals surface area contributed by atoms with Crippen LogP contribution in [0.15, 0.2) is 29.3 Å². The van der Waals surface area contributed by atoms with Crippen LogP contribution in [0.3, 0.4) is 0 Å². The van der Waals surface area contributed by atoms with Crippen molar-refractivity contribution in [1.29, 1.82) is 0 Å². The normalized spacial score (nSPS) is 11.4. The molecule has 0 radical (unpaired) electrons. The molecule has 0 aromatic heterocycles. The van der Waals surface area contributed by atoms with Gasteiger partial charge in [-0.2, -0.15) is 0 Å². The smallest absolute Gasteiger partial charge is 0.190 e. The van der Waals surface area contributed by atoms with Crippen LogP contribution in [-0.4, -0.2) is 53.4 Å². The molecule has 0 spiro atoms. The minimum absolute atomic E-state index is 0.812. The zero-order valence-corrected chi connectivity index (χ0v) is 16.5. The number of hydrogen-bond acceptors (Lipinski definition) is 3. The zero-order chi connectivity index (χ0) is 18.3. The van der Waals surface area contributed by atoms with Crippen LogP contribution in [-0.2, 0) is 11.2 Å². The molecular formula is C20H36N4O. The average Bonchev–Trinajstić information content (AvgIpc) is 2.63. The third-order valence-corrected chi connectivity index (χ3v) is 4.01. The molecule has 0 heterocycles. The fourth-order valence-electron chi connectivity index (χ4n) is 2.41. The molecule has 0 unspecified atom stereocenters. The number of aliphatic imine (C=N–C) groups is 1. The van der Waals surface area contributed by atoms with E-state index in [9.17, 15) is 0 Å². The summed E-state index contributed by atoms with van der Waals surface area (Å²) in [5, 5.41) is 6.70. The number of hydrogen-bond donors (Lipinski definition) is 2. The first kappa shape index (κ1) is 21.3. The van der Waals surface area contributed by atoms with E-state index in [1.54, 1.807) is 0 Å². The highest BCUT2D eigenvalue weighted by Gasteiger charge is 1.99. The lowest BCUT2D eigenvalue weighted by Gasteiger charge is -2.13. The van der Waals surface area contributed by atoms with E-state index in [0.717, 1.165) is 57.9 Å². The Morgan fingerprint density at radius 1 is 1.00 bits per heavy atom. The summed E-state index contributed by atoms with van der Waals surface area (Å²) in [6, 6.07) is 8.76. The number of aryl methyl sites for hydroxylation is 1. The van der Waals surface area contributed by atoms with Crippen LogP contribution in [0.5, 0.6) is 0 Å². The Balaban J connectivity index is 2.10. The second-order valence-electron chi connectivity index (χ2n) is 6.41. The van der Waals surface area contributed by atoms with Crippen LogP contribution >= 0.6 is 0 Å². The van der Waals surface area contributed by atoms with Crippen LogP contribution in [0.25, 0.3) is 0 Å². The molecule has 2 N–H and O–H groups in total. The van der Waals surface area contributed by atoms with Crippen molar-refractivity contribution in [1.82, 2.24) is 10.6 Å². The van der Waals surface area contributed by atoms with E-state index < -0.39 is 0 Å². The topological polar surface area (TPSA) is 48.9 Å². The van der Waals surface area contributed by atoms with E-state index in [0.29, 0.717) is 0 Å². The molecule has 0 aliphatic rings. The molecule has 1 aromatic rings. The van der Waals surface area contributed by atoms with E-state index in [4.69, 9.17) is 4.74 Å².